The number of carbonyl (C=O) groups is 3. The fraction of sp³-hybridized carbons (Fsp3) is 0.550. The van der Waals surface area contributed by atoms with Crippen molar-refractivity contribution >= 4 is 17.9 Å². The van der Waals surface area contributed by atoms with E-state index >= 15 is 0 Å². The zero-order valence-electron chi connectivity index (χ0n) is 15.8. The molecule has 0 fully saturated rings. The van der Waals surface area contributed by atoms with Gasteiger partial charge in [-0.3, -0.25) is 14.4 Å². The van der Waals surface area contributed by atoms with Crippen LogP contribution in [0, 0.1) is 23.7 Å². The number of hydrogen-bond acceptors (Lipinski definition) is 6. The first-order valence-corrected chi connectivity index (χ1v) is 8.50. The fourth-order valence-corrected chi connectivity index (χ4v) is 1.84. The second kappa shape index (κ2) is 14.6. The topological polar surface area (TPSA) is 78.9 Å². The normalized spacial score (nSPS) is 12.0. The Hall–Kier alpha value is -2.73. The van der Waals surface area contributed by atoms with E-state index in [1.165, 1.54) is 20.8 Å². The second-order valence-corrected chi connectivity index (χ2v) is 5.39. The average molecular weight is 362 g/mol. The minimum Gasteiger partial charge on any atom is -0.466 e. The summed E-state index contributed by atoms with van der Waals surface area (Å²) in [5.41, 5.74) is 0. The molecule has 0 heterocycles. The molecule has 6 nitrogen and oxygen atoms in total. The quantitative estimate of drug-likeness (QED) is 0.271. The van der Waals surface area contributed by atoms with Gasteiger partial charge in [0, 0.05) is 20.8 Å². The van der Waals surface area contributed by atoms with Crippen molar-refractivity contribution in [1.29, 1.82) is 0 Å². The molecule has 0 aromatic carbocycles. The molecule has 26 heavy (non-hydrogen) atoms. The molecule has 0 aromatic rings. The Kier molecular flexibility index (Phi) is 13.1. The van der Waals surface area contributed by atoms with Gasteiger partial charge in [0.1, 0.15) is 6.10 Å². The maximum Gasteiger partial charge on any atom is 0.303 e. The van der Waals surface area contributed by atoms with E-state index in [-0.39, 0.29) is 17.9 Å². The fourth-order valence-electron chi connectivity index (χ4n) is 1.84. The van der Waals surface area contributed by atoms with E-state index < -0.39 is 12.2 Å². The first-order valence-electron chi connectivity index (χ1n) is 8.50. The Morgan fingerprint density at radius 2 is 1.65 bits per heavy atom. The van der Waals surface area contributed by atoms with Gasteiger partial charge in [-0.1, -0.05) is 12.8 Å². The lowest BCUT2D eigenvalue weighted by atomic mass is 10.1. The van der Waals surface area contributed by atoms with E-state index in [0.717, 1.165) is 6.42 Å². The highest BCUT2D eigenvalue weighted by molar-refractivity contribution is 5.67. The van der Waals surface area contributed by atoms with E-state index in [2.05, 4.69) is 23.7 Å². The molecule has 0 radical (unpaired) electrons. The van der Waals surface area contributed by atoms with Gasteiger partial charge in [-0.2, -0.15) is 0 Å². The van der Waals surface area contributed by atoms with Crippen molar-refractivity contribution in [2.24, 2.45) is 0 Å². The Morgan fingerprint density at radius 3 is 2.23 bits per heavy atom. The Balaban J connectivity index is 4.48. The van der Waals surface area contributed by atoms with Gasteiger partial charge in [0.05, 0.1) is 6.61 Å². The maximum absolute atomic E-state index is 11.1. The number of hydrogen-bond donors (Lipinski definition) is 0. The molecule has 0 aliphatic heterocycles. The van der Waals surface area contributed by atoms with Gasteiger partial charge >= 0.3 is 17.9 Å². The van der Waals surface area contributed by atoms with Crippen molar-refractivity contribution in [3.8, 4) is 23.7 Å². The van der Waals surface area contributed by atoms with Gasteiger partial charge in [-0.05, 0) is 55.6 Å². The molecule has 0 rings (SSSR count). The Bertz CT molecular complexity index is 612. The summed E-state index contributed by atoms with van der Waals surface area (Å²) >= 11 is 0. The van der Waals surface area contributed by atoms with Crippen molar-refractivity contribution in [2.45, 2.75) is 65.6 Å². The summed E-state index contributed by atoms with van der Waals surface area (Å²) in [5, 5.41) is 0. The predicted molar refractivity (Wildman–Crippen MR) is 96.6 cm³/mol. The average Bonchev–Trinajstić information content (AvgIpc) is 2.54. The van der Waals surface area contributed by atoms with E-state index in [0.29, 0.717) is 25.9 Å². The maximum atomic E-state index is 11.1. The highest BCUT2D eigenvalue weighted by atomic mass is 16.5. The number of rotatable bonds is 9. The van der Waals surface area contributed by atoms with Crippen LogP contribution < -0.4 is 0 Å². The van der Waals surface area contributed by atoms with Gasteiger partial charge in [0.2, 0.25) is 0 Å². The van der Waals surface area contributed by atoms with Crippen molar-refractivity contribution < 1.29 is 28.6 Å². The first kappa shape index (κ1) is 23.3. The minimum atomic E-state index is -0.461. The molecule has 2 atom stereocenters. The van der Waals surface area contributed by atoms with Crippen molar-refractivity contribution in [3.05, 3.63) is 12.2 Å². The van der Waals surface area contributed by atoms with Gasteiger partial charge in [0.25, 0.3) is 0 Å². The molecule has 6 heteroatoms. The molecule has 0 N–H and O–H groups in total. The molecule has 142 valence electrons. The standard InChI is InChI=1S/C20H26O6/c1-5-19(25-17(3)22)12-8-6-7-9-13-20(26-18(4)23)14-10-11-15-24-16(2)21/h9,13,19-20H,5,10-11,14-15H2,1-4H3. The molecule has 2 unspecified atom stereocenters. The van der Waals surface area contributed by atoms with Crippen LogP contribution >= 0.6 is 0 Å². The van der Waals surface area contributed by atoms with Crippen LogP contribution in [0.5, 0.6) is 0 Å². The number of ether oxygens (including phenoxy) is 3. The molecule has 0 aromatic heterocycles. The van der Waals surface area contributed by atoms with Gasteiger partial charge < -0.3 is 14.2 Å². The summed E-state index contributed by atoms with van der Waals surface area (Å²) in [6.07, 6.45) is 5.03. The number of unbranched alkanes of at least 4 members (excludes halogenated alkanes) is 1. The lowest BCUT2D eigenvalue weighted by Gasteiger charge is -2.12. The second-order valence-electron chi connectivity index (χ2n) is 5.39. The minimum absolute atomic E-state index is 0.308. The Labute approximate surface area is 155 Å². The third kappa shape index (κ3) is 14.8. The van der Waals surface area contributed by atoms with Gasteiger partial charge in [0.15, 0.2) is 6.10 Å². The molecular formula is C20H26O6. The van der Waals surface area contributed by atoms with Crippen LogP contribution in [0.15, 0.2) is 12.2 Å². The predicted octanol–water partition coefficient (Wildman–Crippen LogP) is 2.56. The molecule has 0 spiro atoms. The summed E-state index contributed by atoms with van der Waals surface area (Å²) in [7, 11) is 0. The molecule has 0 saturated heterocycles. The number of carbonyl (C=O) groups excluding carboxylic acids is 3. The van der Waals surface area contributed by atoms with Crippen LogP contribution in [0.3, 0.4) is 0 Å². The van der Waals surface area contributed by atoms with Crippen LogP contribution in [0.25, 0.3) is 0 Å². The summed E-state index contributed by atoms with van der Waals surface area (Å²) in [6.45, 7) is 6.25. The van der Waals surface area contributed by atoms with Gasteiger partial charge in [-0.25, -0.2) is 0 Å². The van der Waals surface area contributed by atoms with Crippen LogP contribution in [0.4, 0.5) is 0 Å². The van der Waals surface area contributed by atoms with Crippen LogP contribution in [0.1, 0.15) is 53.4 Å². The molecule has 0 bridgehead atoms. The van der Waals surface area contributed by atoms with Crippen molar-refractivity contribution in [1.82, 2.24) is 0 Å². The van der Waals surface area contributed by atoms with Crippen LogP contribution in [0.2, 0.25) is 0 Å². The number of esters is 3. The third-order valence-electron chi connectivity index (χ3n) is 2.95. The summed E-state index contributed by atoms with van der Waals surface area (Å²) in [6, 6.07) is 0. The van der Waals surface area contributed by atoms with E-state index in [4.69, 9.17) is 14.2 Å². The van der Waals surface area contributed by atoms with E-state index in [1.807, 2.05) is 6.92 Å². The highest BCUT2D eigenvalue weighted by Gasteiger charge is 2.08. The van der Waals surface area contributed by atoms with Crippen molar-refractivity contribution in [3.63, 3.8) is 0 Å². The zero-order valence-corrected chi connectivity index (χ0v) is 15.8. The highest BCUT2D eigenvalue weighted by Crippen LogP contribution is 2.07. The lowest BCUT2D eigenvalue weighted by Crippen LogP contribution is -2.14. The van der Waals surface area contributed by atoms with Gasteiger partial charge in [-0.15, -0.1) is 0 Å². The monoisotopic (exact) mass is 362 g/mol. The zero-order chi connectivity index (χ0) is 19.8. The molecule has 0 saturated carbocycles. The summed E-state index contributed by atoms with van der Waals surface area (Å²) in [5.74, 6) is 9.69. The van der Waals surface area contributed by atoms with E-state index in [9.17, 15) is 14.4 Å². The summed E-state index contributed by atoms with van der Waals surface area (Å²) < 4.78 is 15.0. The molecular weight excluding hydrogens is 336 g/mol. The van der Waals surface area contributed by atoms with Crippen LogP contribution in [-0.2, 0) is 28.6 Å². The molecule has 0 amide bonds. The summed E-state index contributed by atoms with van der Waals surface area (Å²) in [4.78, 5) is 32.7. The Morgan fingerprint density at radius 1 is 0.962 bits per heavy atom. The third-order valence-corrected chi connectivity index (χ3v) is 2.95. The largest absolute Gasteiger partial charge is 0.466 e. The van der Waals surface area contributed by atoms with Crippen molar-refractivity contribution in [2.75, 3.05) is 6.61 Å². The molecule has 0 aliphatic carbocycles. The lowest BCUT2D eigenvalue weighted by molar-refractivity contribution is -0.145. The SMILES string of the molecule is CCC(C#CC#CC=CC(CCCCOC(C)=O)OC(C)=O)OC(C)=O. The number of allylic oxidation sites excluding steroid dienone is 1. The molecule has 0 aliphatic rings. The smallest absolute Gasteiger partial charge is 0.303 e. The van der Waals surface area contributed by atoms with E-state index in [1.54, 1.807) is 12.2 Å². The first-order chi connectivity index (χ1) is 12.3. The van der Waals surface area contributed by atoms with Crippen LogP contribution in [-0.4, -0.2) is 36.7 Å².